The third-order valence-electron chi connectivity index (χ3n) is 2.09. The maximum Gasteiger partial charge on any atom is 0.354 e. The van der Waals surface area contributed by atoms with Crippen LogP contribution in [0.15, 0.2) is 42.6 Å². The number of aromatic carboxylic acids is 1. The monoisotopic (exact) mass is 248 g/mol. The van der Waals surface area contributed by atoms with E-state index >= 15 is 0 Å². The molecule has 4 nitrogen and oxygen atoms in total. The Kier molecular flexibility index (Phi) is 3.25. The third kappa shape index (κ3) is 2.95. The lowest BCUT2D eigenvalue weighted by Crippen LogP contribution is -2.00. The summed E-state index contributed by atoms with van der Waals surface area (Å²) in [5, 5.41) is 12.5. The zero-order valence-electron chi connectivity index (χ0n) is 8.72. The number of hydrogen-bond acceptors (Lipinski definition) is 3. The normalized spacial score (nSPS) is 9.94. The lowest BCUT2D eigenvalue weighted by molar-refractivity contribution is 0.0690. The van der Waals surface area contributed by atoms with Crippen molar-refractivity contribution in [2.45, 2.75) is 0 Å². The first-order valence-corrected chi connectivity index (χ1v) is 5.25. The molecule has 0 amide bonds. The number of anilines is 2. The smallest absolute Gasteiger partial charge is 0.354 e. The van der Waals surface area contributed by atoms with Gasteiger partial charge in [-0.05, 0) is 30.3 Å². The number of carbonyl (C=O) groups is 1. The van der Waals surface area contributed by atoms with Crippen LogP contribution in [0.4, 0.5) is 11.4 Å². The van der Waals surface area contributed by atoms with Gasteiger partial charge in [-0.25, -0.2) is 9.78 Å². The molecule has 5 heteroatoms. The van der Waals surface area contributed by atoms with Crippen LogP contribution in [0.5, 0.6) is 0 Å². The van der Waals surface area contributed by atoms with Crippen molar-refractivity contribution in [1.29, 1.82) is 0 Å². The highest BCUT2D eigenvalue weighted by Gasteiger charge is 2.04. The van der Waals surface area contributed by atoms with E-state index in [0.717, 1.165) is 5.69 Å². The molecule has 0 aliphatic heterocycles. The van der Waals surface area contributed by atoms with Gasteiger partial charge in [-0.2, -0.15) is 0 Å². The fourth-order valence-electron chi connectivity index (χ4n) is 1.36. The van der Waals surface area contributed by atoms with Gasteiger partial charge in [0.2, 0.25) is 0 Å². The van der Waals surface area contributed by atoms with Crippen LogP contribution in [-0.2, 0) is 0 Å². The van der Waals surface area contributed by atoms with Crippen LogP contribution in [0, 0.1) is 0 Å². The Morgan fingerprint density at radius 3 is 2.71 bits per heavy atom. The highest BCUT2D eigenvalue weighted by atomic mass is 35.5. The predicted molar refractivity (Wildman–Crippen MR) is 65.9 cm³/mol. The van der Waals surface area contributed by atoms with Crippen molar-refractivity contribution in [3.63, 3.8) is 0 Å². The van der Waals surface area contributed by atoms with Gasteiger partial charge in [-0.15, -0.1) is 0 Å². The zero-order chi connectivity index (χ0) is 12.3. The Labute approximate surface area is 103 Å². The fraction of sp³-hybridized carbons (Fsp3) is 0. The van der Waals surface area contributed by atoms with Crippen LogP contribution in [0.3, 0.4) is 0 Å². The summed E-state index contributed by atoms with van der Waals surface area (Å²) in [6.07, 6.45) is 1.44. The Hall–Kier alpha value is -2.07. The third-order valence-corrected chi connectivity index (χ3v) is 2.33. The minimum absolute atomic E-state index is 0.00275. The van der Waals surface area contributed by atoms with Gasteiger partial charge in [0.25, 0.3) is 0 Å². The summed E-state index contributed by atoms with van der Waals surface area (Å²) < 4.78 is 0. The number of rotatable bonds is 3. The molecular weight excluding hydrogens is 240 g/mol. The van der Waals surface area contributed by atoms with Crippen molar-refractivity contribution >= 4 is 28.9 Å². The molecule has 0 aliphatic carbocycles. The van der Waals surface area contributed by atoms with E-state index in [4.69, 9.17) is 16.7 Å². The van der Waals surface area contributed by atoms with Gasteiger partial charge in [-0.3, -0.25) is 0 Å². The van der Waals surface area contributed by atoms with Crippen LogP contribution in [0.25, 0.3) is 0 Å². The Bertz CT molecular complexity index is 558. The van der Waals surface area contributed by atoms with Gasteiger partial charge in [0.1, 0.15) is 5.69 Å². The quantitative estimate of drug-likeness (QED) is 0.876. The number of carboxylic acid groups (broad SMARTS) is 1. The molecule has 1 aromatic carbocycles. The predicted octanol–water partition coefficient (Wildman–Crippen LogP) is 3.18. The minimum Gasteiger partial charge on any atom is -0.477 e. The molecule has 2 N–H and O–H groups in total. The van der Waals surface area contributed by atoms with Crippen LogP contribution in [0.1, 0.15) is 10.5 Å². The van der Waals surface area contributed by atoms with Crippen molar-refractivity contribution in [3.8, 4) is 0 Å². The minimum atomic E-state index is -1.06. The Morgan fingerprint density at radius 2 is 2.00 bits per heavy atom. The maximum absolute atomic E-state index is 10.7. The van der Waals surface area contributed by atoms with Crippen LogP contribution in [-0.4, -0.2) is 16.1 Å². The molecule has 0 saturated carbocycles. The van der Waals surface area contributed by atoms with E-state index in [-0.39, 0.29) is 5.69 Å². The van der Waals surface area contributed by atoms with Crippen molar-refractivity contribution in [2.24, 2.45) is 0 Å². The second-order valence-corrected chi connectivity index (χ2v) is 3.81. The number of pyridine rings is 1. The molecule has 0 unspecified atom stereocenters. The summed E-state index contributed by atoms with van der Waals surface area (Å²) >= 11 is 5.85. The molecule has 0 saturated heterocycles. The summed E-state index contributed by atoms with van der Waals surface area (Å²) in [5.41, 5.74) is 1.44. The van der Waals surface area contributed by atoms with Gasteiger partial charge in [-0.1, -0.05) is 17.7 Å². The van der Waals surface area contributed by atoms with Crippen molar-refractivity contribution < 1.29 is 9.90 Å². The van der Waals surface area contributed by atoms with E-state index in [1.165, 1.54) is 12.3 Å². The molecule has 2 aromatic rings. The van der Waals surface area contributed by atoms with Crippen LogP contribution < -0.4 is 5.32 Å². The van der Waals surface area contributed by atoms with Crippen LogP contribution >= 0.6 is 11.6 Å². The first-order valence-electron chi connectivity index (χ1n) is 4.87. The fourth-order valence-corrected chi connectivity index (χ4v) is 1.55. The van der Waals surface area contributed by atoms with Crippen molar-refractivity contribution in [1.82, 2.24) is 4.98 Å². The standard InChI is InChI=1S/C12H9ClN2O2/c13-8-2-1-3-9(6-8)15-10-4-5-14-11(7-10)12(16)17/h1-7H,(H,14,15)(H,16,17). The van der Waals surface area contributed by atoms with Gasteiger partial charge in [0, 0.05) is 22.6 Å². The second-order valence-electron chi connectivity index (χ2n) is 3.37. The molecule has 1 aromatic heterocycles. The highest BCUT2D eigenvalue weighted by molar-refractivity contribution is 6.30. The van der Waals surface area contributed by atoms with E-state index < -0.39 is 5.97 Å². The van der Waals surface area contributed by atoms with Gasteiger partial charge >= 0.3 is 5.97 Å². The highest BCUT2D eigenvalue weighted by Crippen LogP contribution is 2.20. The largest absolute Gasteiger partial charge is 0.477 e. The maximum atomic E-state index is 10.7. The molecule has 17 heavy (non-hydrogen) atoms. The molecule has 0 spiro atoms. The van der Waals surface area contributed by atoms with Crippen molar-refractivity contribution in [3.05, 3.63) is 53.3 Å². The van der Waals surface area contributed by atoms with Gasteiger partial charge in [0.05, 0.1) is 0 Å². The summed E-state index contributed by atoms with van der Waals surface area (Å²) in [4.78, 5) is 14.5. The number of benzene rings is 1. The SMILES string of the molecule is O=C(O)c1cc(Nc2cccc(Cl)c2)ccn1. The Balaban J connectivity index is 2.24. The molecular formula is C12H9ClN2O2. The summed E-state index contributed by atoms with van der Waals surface area (Å²) in [6.45, 7) is 0. The number of aromatic nitrogens is 1. The lowest BCUT2D eigenvalue weighted by Gasteiger charge is -2.06. The number of hydrogen-bond donors (Lipinski definition) is 2. The van der Waals surface area contributed by atoms with E-state index in [2.05, 4.69) is 10.3 Å². The van der Waals surface area contributed by atoms with E-state index in [0.29, 0.717) is 10.7 Å². The molecule has 86 valence electrons. The molecule has 0 bridgehead atoms. The summed E-state index contributed by atoms with van der Waals surface area (Å²) in [5.74, 6) is -1.06. The van der Waals surface area contributed by atoms with Crippen molar-refractivity contribution in [2.75, 3.05) is 5.32 Å². The lowest BCUT2D eigenvalue weighted by atomic mass is 10.2. The summed E-state index contributed by atoms with van der Waals surface area (Å²) in [6, 6.07) is 10.3. The van der Waals surface area contributed by atoms with Crippen LogP contribution in [0.2, 0.25) is 5.02 Å². The first kappa shape index (κ1) is 11.4. The molecule has 0 fully saturated rings. The van der Waals surface area contributed by atoms with E-state index in [1.54, 1.807) is 18.2 Å². The first-order chi connectivity index (χ1) is 8.15. The molecule has 1 heterocycles. The average Bonchev–Trinajstić information content (AvgIpc) is 2.29. The second kappa shape index (κ2) is 4.84. The van der Waals surface area contributed by atoms with E-state index in [9.17, 15) is 4.79 Å². The molecule has 2 rings (SSSR count). The topological polar surface area (TPSA) is 62.2 Å². The average molecular weight is 249 g/mol. The molecule has 0 atom stereocenters. The molecule has 0 radical (unpaired) electrons. The summed E-state index contributed by atoms with van der Waals surface area (Å²) in [7, 11) is 0. The number of carboxylic acids is 1. The van der Waals surface area contributed by atoms with Gasteiger partial charge in [0.15, 0.2) is 0 Å². The number of nitrogens with one attached hydrogen (secondary N) is 1. The van der Waals surface area contributed by atoms with Gasteiger partial charge < -0.3 is 10.4 Å². The number of nitrogens with zero attached hydrogens (tertiary/aromatic N) is 1. The van der Waals surface area contributed by atoms with E-state index in [1.807, 2.05) is 12.1 Å². The number of halogens is 1. The Morgan fingerprint density at radius 1 is 1.24 bits per heavy atom. The molecule has 0 aliphatic rings. The zero-order valence-corrected chi connectivity index (χ0v) is 9.48.